The third kappa shape index (κ3) is 2.63. The Labute approximate surface area is 150 Å². The van der Waals surface area contributed by atoms with Crippen LogP contribution in [-0.2, 0) is 5.41 Å². The molecule has 130 valence electrons. The molecule has 1 amide bonds. The van der Waals surface area contributed by atoms with Crippen molar-refractivity contribution in [1.82, 2.24) is 24.3 Å². The van der Waals surface area contributed by atoms with E-state index in [1.165, 1.54) is 16.9 Å². The third-order valence-corrected chi connectivity index (χ3v) is 6.17. The van der Waals surface area contributed by atoms with E-state index in [9.17, 15) is 4.79 Å². The number of hydrogen-bond donors (Lipinski definition) is 0. The molecule has 3 aromatic rings. The molecule has 0 spiro atoms. The number of imidazole rings is 1. The van der Waals surface area contributed by atoms with Gasteiger partial charge in [-0.2, -0.15) is 0 Å². The largest absolute Gasteiger partial charge is 0.338 e. The van der Waals surface area contributed by atoms with Crippen LogP contribution < -0.4 is 0 Å². The number of fused-ring (bicyclic) bond motifs is 1. The first-order valence-corrected chi connectivity index (χ1v) is 9.36. The molecule has 4 heterocycles. The summed E-state index contributed by atoms with van der Waals surface area (Å²) >= 11 is 1.74. The molecule has 25 heavy (non-hydrogen) atoms. The van der Waals surface area contributed by atoms with E-state index in [0.29, 0.717) is 5.56 Å². The van der Waals surface area contributed by atoms with Crippen LogP contribution in [0.4, 0.5) is 0 Å². The molecule has 0 aliphatic carbocycles. The van der Waals surface area contributed by atoms with E-state index in [0.717, 1.165) is 37.4 Å². The van der Waals surface area contributed by atoms with Gasteiger partial charge >= 0.3 is 0 Å². The van der Waals surface area contributed by atoms with Crippen LogP contribution in [0.1, 0.15) is 47.3 Å². The molecule has 3 aromatic heterocycles. The minimum absolute atomic E-state index is 0.00335. The first-order valence-electron chi connectivity index (χ1n) is 8.48. The van der Waals surface area contributed by atoms with Crippen LogP contribution in [0.2, 0.25) is 0 Å². The van der Waals surface area contributed by atoms with Gasteiger partial charge in [-0.1, -0.05) is 6.92 Å². The van der Waals surface area contributed by atoms with E-state index in [1.54, 1.807) is 17.5 Å². The number of thiazole rings is 1. The molecule has 0 saturated carbocycles. The van der Waals surface area contributed by atoms with Gasteiger partial charge in [0.1, 0.15) is 17.0 Å². The second-order valence-electron chi connectivity index (χ2n) is 6.96. The van der Waals surface area contributed by atoms with Crippen molar-refractivity contribution < 1.29 is 4.79 Å². The summed E-state index contributed by atoms with van der Waals surface area (Å²) in [5, 5.41) is 2.10. The van der Waals surface area contributed by atoms with E-state index < -0.39 is 0 Å². The number of nitrogens with zero attached hydrogens (tertiary/aromatic N) is 5. The van der Waals surface area contributed by atoms with Gasteiger partial charge in [-0.25, -0.2) is 15.0 Å². The Morgan fingerprint density at radius 2 is 2.04 bits per heavy atom. The van der Waals surface area contributed by atoms with E-state index >= 15 is 0 Å². The second-order valence-corrected chi connectivity index (χ2v) is 7.86. The van der Waals surface area contributed by atoms with Gasteiger partial charge in [-0.3, -0.25) is 9.20 Å². The molecule has 0 atom stereocenters. The molecule has 1 aliphatic rings. The van der Waals surface area contributed by atoms with Gasteiger partial charge in [0.25, 0.3) is 5.91 Å². The predicted octanol–water partition coefficient (Wildman–Crippen LogP) is 3.00. The number of piperidine rings is 1. The molecule has 0 unspecified atom stereocenters. The van der Waals surface area contributed by atoms with Crippen molar-refractivity contribution in [3.8, 4) is 0 Å². The zero-order chi connectivity index (χ0) is 17.6. The summed E-state index contributed by atoms with van der Waals surface area (Å²) in [6.45, 7) is 7.63. The summed E-state index contributed by atoms with van der Waals surface area (Å²) in [6, 6.07) is 0. The Hall–Kier alpha value is -2.28. The standard InChI is InChI=1S/C18H21N5OS/c1-12-14(10-19-11-20-12)16(24)22-6-4-18(3,5-7-22)15-17-23(8-9-25-17)13(2)21-15/h8-11H,4-7H2,1-3H3. The smallest absolute Gasteiger partial charge is 0.257 e. The summed E-state index contributed by atoms with van der Waals surface area (Å²) < 4.78 is 2.16. The number of carbonyl (C=O) groups is 1. The van der Waals surface area contributed by atoms with Crippen LogP contribution in [0.5, 0.6) is 0 Å². The number of rotatable bonds is 2. The summed E-state index contributed by atoms with van der Waals surface area (Å²) in [5.41, 5.74) is 2.51. The topological polar surface area (TPSA) is 63.4 Å². The molecule has 1 saturated heterocycles. The zero-order valence-corrected chi connectivity index (χ0v) is 15.5. The Bertz CT molecular complexity index is 936. The van der Waals surface area contributed by atoms with Gasteiger partial charge < -0.3 is 4.90 Å². The van der Waals surface area contributed by atoms with Gasteiger partial charge in [0.2, 0.25) is 0 Å². The van der Waals surface area contributed by atoms with Crippen LogP contribution in [0, 0.1) is 13.8 Å². The van der Waals surface area contributed by atoms with E-state index in [1.807, 2.05) is 18.7 Å². The second kappa shape index (κ2) is 5.91. The number of amides is 1. The van der Waals surface area contributed by atoms with E-state index in [4.69, 9.17) is 4.98 Å². The minimum Gasteiger partial charge on any atom is -0.338 e. The zero-order valence-electron chi connectivity index (χ0n) is 14.7. The molecule has 1 aliphatic heterocycles. The van der Waals surface area contributed by atoms with Gasteiger partial charge in [0.05, 0.1) is 17.0 Å². The van der Waals surface area contributed by atoms with Crippen LogP contribution in [-0.4, -0.2) is 43.2 Å². The lowest BCUT2D eigenvalue weighted by Crippen LogP contribution is -2.44. The highest BCUT2D eigenvalue weighted by molar-refractivity contribution is 7.15. The van der Waals surface area contributed by atoms with Crippen molar-refractivity contribution in [1.29, 1.82) is 0 Å². The number of carbonyl (C=O) groups excluding carboxylic acids is 1. The number of aryl methyl sites for hydroxylation is 2. The minimum atomic E-state index is 0.00335. The van der Waals surface area contributed by atoms with Gasteiger partial charge in [-0.05, 0) is 26.7 Å². The summed E-state index contributed by atoms with van der Waals surface area (Å²) in [6.07, 6.45) is 7.00. The maximum Gasteiger partial charge on any atom is 0.257 e. The summed E-state index contributed by atoms with van der Waals surface area (Å²) in [4.78, 5) is 28.9. The molecular formula is C18H21N5OS. The monoisotopic (exact) mass is 355 g/mol. The van der Waals surface area contributed by atoms with Crippen molar-refractivity contribution >= 4 is 22.1 Å². The first kappa shape index (κ1) is 16.2. The number of aromatic nitrogens is 4. The normalized spacial score (nSPS) is 17.2. The van der Waals surface area contributed by atoms with Gasteiger partial charge in [-0.15, -0.1) is 11.3 Å². The van der Waals surface area contributed by atoms with Gasteiger partial charge in [0, 0.05) is 36.3 Å². The summed E-state index contributed by atoms with van der Waals surface area (Å²) in [5.74, 6) is 1.06. The quantitative estimate of drug-likeness (QED) is 0.709. The fraction of sp³-hybridized carbons (Fsp3) is 0.444. The Morgan fingerprint density at radius 1 is 1.28 bits per heavy atom. The Kier molecular flexibility index (Phi) is 3.83. The fourth-order valence-corrected chi connectivity index (χ4v) is 4.59. The summed E-state index contributed by atoms with van der Waals surface area (Å²) in [7, 11) is 0. The molecule has 6 nitrogen and oxygen atoms in total. The van der Waals surface area contributed by atoms with Crippen LogP contribution in [0.3, 0.4) is 0 Å². The Balaban J connectivity index is 1.56. The molecule has 4 rings (SSSR count). The van der Waals surface area contributed by atoms with Crippen molar-refractivity contribution in [2.75, 3.05) is 13.1 Å². The number of likely N-dealkylation sites (tertiary alicyclic amines) is 1. The lowest BCUT2D eigenvalue weighted by molar-refractivity contribution is 0.0673. The molecule has 0 radical (unpaired) electrons. The maximum absolute atomic E-state index is 12.8. The molecule has 0 N–H and O–H groups in total. The van der Waals surface area contributed by atoms with Crippen LogP contribution >= 0.6 is 11.3 Å². The lowest BCUT2D eigenvalue weighted by atomic mass is 9.77. The van der Waals surface area contributed by atoms with Crippen molar-refractivity contribution in [2.45, 2.75) is 39.0 Å². The van der Waals surface area contributed by atoms with Crippen molar-refractivity contribution in [3.63, 3.8) is 0 Å². The highest BCUT2D eigenvalue weighted by Crippen LogP contribution is 2.38. The fourth-order valence-electron chi connectivity index (χ4n) is 3.57. The Morgan fingerprint density at radius 3 is 2.76 bits per heavy atom. The number of hydrogen-bond acceptors (Lipinski definition) is 5. The molecule has 1 fully saturated rings. The lowest BCUT2D eigenvalue weighted by Gasteiger charge is -2.38. The van der Waals surface area contributed by atoms with Crippen LogP contribution in [0.15, 0.2) is 24.1 Å². The van der Waals surface area contributed by atoms with Crippen LogP contribution in [0.25, 0.3) is 4.83 Å². The van der Waals surface area contributed by atoms with E-state index in [2.05, 4.69) is 32.9 Å². The SMILES string of the molecule is Cc1ncncc1C(=O)N1CCC(C)(c2nc(C)n3ccsc23)CC1. The average Bonchev–Trinajstić information content (AvgIpc) is 3.20. The van der Waals surface area contributed by atoms with Crippen molar-refractivity contribution in [2.24, 2.45) is 0 Å². The third-order valence-electron chi connectivity index (χ3n) is 5.30. The highest BCUT2D eigenvalue weighted by Gasteiger charge is 2.37. The highest BCUT2D eigenvalue weighted by atomic mass is 32.1. The average molecular weight is 355 g/mol. The molecule has 0 bridgehead atoms. The van der Waals surface area contributed by atoms with Gasteiger partial charge in [0.15, 0.2) is 0 Å². The molecular weight excluding hydrogens is 334 g/mol. The predicted molar refractivity (Wildman–Crippen MR) is 97.1 cm³/mol. The van der Waals surface area contributed by atoms with E-state index in [-0.39, 0.29) is 11.3 Å². The maximum atomic E-state index is 12.8. The van der Waals surface area contributed by atoms with Crippen molar-refractivity contribution in [3.05, 3.63) is 46.9 Å². The first-order chi connectivity index (χ1) is 12.0. The molecule has 0 aromatic carbocycles. The molecule has 7 heteroatoms.